The summed E-state index contributed by atoms with van der Waals surface area (Å²) < 4.78 is 11.9. The van der Waals surface area contributed by atoms with Gasteiger partial charge in [0, 0.05) is 6.54 Å². The lowest BCUT2D eigenvalue weighted by Crippen LogP contribution is -2.02. The second-order valence-electron chi connectivity index (χ2n) is 8.01. The van der Waals surface area contributed by atoms with Gasteiger partial charge in [-0.1, -0.05) is 80.6 Å². The minimum Gasteiger partial charge on any atom is -0.439 e. The predicted molar refractivity (Wildman–Crippen MR) is 126 cm³/mol. The molecule has 2 heterocycles. The van der Waals surface area contributed by atoms with Gasteiger partial charge in [0.2, 0.25) is 5.88 Å². The number of rotatable bonds is 5. The zero-order chi connectivity index (χ0) is 21.4. The van der Waals surface area contributed by atoms with Gasteiger partial charge in [-0.05, 0) is 34.7 Å². The Morgan fingerprint density at radius 2 is 1.55 bits per heavy atom. The summed E-state index contributed by atoms with van der Waals surface area (Å²) in [7, 11) is 0. The molecular weight excluding hydrogens is 386 g/mol. The molecule has 0 bridgehead atoms. The van der Waals surface area contributed by atoms with Gasteiger partial charge in [0.25, 0.3) is 0 Å². The molecule has 0 saturated carbocycles. The highest BCUT2D eigenvalue weighted by Crippen LogP contribution is 2.40. The summed E-state index contributed by atoms with van der Waals surface area (Å²) in [5.74, 6) is 1.000. The number of benzene rings is 3. The Balaban J connectivity index is 1.71. The summed E-state index contributed by atoms with van der Waals surface area (Å²) in [5.41, 5.74) is 4.69. The highest BCUT2D eigenvalue weighted by atomic mass is 16.4. The summed E-state index contributed by atoms with van der Waals surface area (Å²) >= 11 is 0. The van der Waals surface area contributed by atoms with Crippen molar-refractivity contribution in [2.75, 3.05) is 5.32 Å². The van der Waals surface area contributed by atoms with Crippen LogP contribution in [0.1, 0.15) is 30.9 Å². The molecular formula is C27H23NO3. The average Bonchev–Trinajstić information content (AvgIpc) is 3.19. The third-order valence-corrected chi connectivity index (χ3v) is 5.61. The molecule has 0 fully saturated rings. The molecule has 0 aliphatic rings. The highest BCUT2D eigenvalue weighted by molar-refractivity contribution is 6.09. The Bertz CT molecular complexity index is 1410. The maximum Gasteiger partial charge on any atom is 0.348 e. The van der Waals surface area contributed by atoms with Crippen molar-refractivity contribution in [2.45, 2.75) is 26.3 Å². The largest absolute Gasteiger partial charge is 0.439 e. The molecule has 2 aromatic heterocycles. The summed E-state index contributed by atoms with van der Waals surface area (Å²) in [4.78, 5) is 13.0. The second-order valence-corrected chi connectivity index (χ2v) is 8.01. The van der Waals surface area contributed by atoms with E-state index in [1.807, 2.05) is 48.5 Å². The van der Waals surface area contributed by atoms with Crippen LogP contribution in [0.15, 0.2) is 92.5 Å². The van der Waals surface area contributed by atoms with Crippen LogP contribution in [0.4, 0.5) is 5.88 Å². The van der Waals surface area contributed by atoms with Gasteiger partial charge in [-0.3, -0.25) is 0 Å². The van der Waals surface area contributed by atoms with Crippen molar-refractivity contribution in [3.05, 3.63) is 100 Å². The quantitative estimate of drug-likeness (QED) is 0.319. The van der Waals surface area contributed by atoms with Crippen molar-refractivity contribution < 1.29 is 8.83 Å². The Morgan fingerprint density at radius 1 is 0.839 bits per heavy atom. The Morgan fingerprint density at radius 3 is 2.29 bits per heavy atom. The molecule has 5 rings (SSSR count). The average molecular weight is 409 g/mol. The minimum atomic E-state index is -0.395. The fraction of sp³-hybridized carbons (Fsp3) is 0.148. The lowest BCUT2D eigenvalue weighted by molar-refractivity contribution is 0.565. The van der Waals surface area contributed by atoms with Gasteiger partial charge in [-0.15, -0.1) is 0 Å². The van der Waals surface area contributed by atoms with Crippen molar-refractivity contribution in [1.82, 2.24) is 0 Å². The van der Waals surface area contributed by atoms with Crippen LogP contribution in [0.2, 0.25) is 0 Å². The Kier molecular flexibility index (Phi) is 4.83. The Hall–Kier alpha value is -3.79. The smallest absolute Gasteiger partial charge is 0.348 e. The van der Waals surface area contributed by atoms with Gasteiger partial charge >= 0.3 is 5.63 Å². The monoisotopic (exact) mass is 409 g/mol. The Labute approximate surface area is 180 Å². The van der Waals surface area contributed by atoms with Crippen LogP contribution in [0.25, 0.3) is 33.1 Å². The van der Waals surface area contributed by atoms with Crippen molar-refractivity contribution in [1.29, 1.82) is 0 Å². The molecule has 0 unspecified atom stereocenters. The first-order valence-electron chi connectivity index (χ1n) is 10.5. The maximum absolute atomic E-state index is 13.0. The first kappa shape index (κ1) is 19.2. The summed E-state index contributed by atoms with van der Waals surface area (Å²) in [6, 6.07) is 25.8. The van der Waals surface area contributed by atoms with Gasteiger partial charge in [-0.2, -0.15) is 0 Å². The third-order valence-electron chi connectivity index (χ3n) is 5.61. The molecule has 0 spiro atoms. The molecule has 0 atom stereocenters. The highest BCUT2D eigenvalue weighted by Gasteiger charge is 2.22. The number of para-hydroxylation sites is 1. The fourth-order valence-corrected chi connectivity index (χ4v) is 3.92. The molecule has 4 heteroatoms. The van der Waals surface area contributed by atoms with Crippen molar-refractivity contribution in [2.24, 2.45) is 0 Å². The van der Waals surface area contributed by atoms with Gasteiger partial charge in [0.15, 0.2) is 5.58 Å². The molecule has 0 aliphatic carbocycles. The van der Waals surface area contributed by atoms with E-state index in [1.54, 1.807) is 6.07 Å². The van der Waals surface area contributed by atoms with E-state index >= 15 is 0 Å². The molecule has 1 N–H and O–H groups in total. The van der Waals surface area contributed by atoms with Crippen LogP contribution in [-0.4, -0.2) is 0 Å². The number of nitrogens with one attached hydrogen (secondary N) is 1. The van der Waals surface area contributed by atoms with E-state index < -0.39 is 5.63 Å². The summed E-state index contributed by atoms with van der Waals surface area (Å²) in [5, 5.41) is 4.65. The number of anilines is 1. The molecule has 0 aliphatic heterocycles. The first-order chi connectivity index (χ1) is 15.1. The predicted octanol–water partition coefficient (Wildman–Crippen LogP) is 6.94. The molecule has 0 amide bonds. The number of furan rings is 1. The molecule has 3 aromatic carbocycles. The van der Waals surface area contributed by atoms with E-state index in [9.17, 15) is 4.79 Å². The van der Waals surface area contributed by atoms with Crippen molar-refractivity contribution >= 4 is 27.8 Å². The summed E-state index contributed by atoms with van der Waals surface area (Å²) in [6.45, 7) is 4.91. The third kappa shape index (κ3) is 3.50. The van der Waals surface area contributed by atoms with Gasteiger partial charge in [0.05, 0.1) is 10.9 Å². The molecule has 0 saturated heterocycles. The minimum absolute atomic E-state index is 0.395. The standard InChI is InChI=1S/C27H23NO3/c1-17(2)19-12-14-20(15-13-19)23-24-25(21-10-6-7-11-22(21)30-27(24)29)31-26(23)28-16-18-8-4-3-5-9-18/h3-15,17,28H,16H2,1-2H3. The molecule has 4 nitrogen and oxygen atoms in total. The van der Waals surface area contributed by atoms with Crippen LogP contribution in [-0.2, 0) is 6.54 Å². The van der Waals surface area contributed by atoms with Crippen LogP contribution in [0.5, 0.6) is 0 Å². The normalized spacial score (nSPS) is 11.5. The van der Waals surface area contributed by atoms with Gasteiger partial charge < -0.3 is 14.2 Å². The van der Waals surface area contributed by atoms with Crippen LogP contribution < -0.4 is 10.9 Å². The van der Waals surface area contributed by atoms with E-state index in [-0.39, 0.29) is 0 Å². The van der Waals surface area contributed by atoms with Crippen LogP contribution >= 0.6 is 0 Å². The van der Waals surface area contributed by atoms with E-state index in [2.05, 4.69) is 43.4 Å². The number of hydrogen-bond donors (Lipinski definition) is 1. The molecule has 154 valence electrons. The molecule has 5 aromatic rings. The zero-order valence-electron chi connectivity index (χ0n) is 17.5. The second kappa shape index (κ2) is 7.80. The molecule has 0 radical (unpaired) electrons. The maximum atomic E-state index is 13.0. The SMILES string of the molecule is CC(C)c1ccc(-c2c(NCc3ccccc3)oc3c2c(=O)oc2ccccc23)cc1. The van der Waals surface area contributed by atoms with E-state index in [1.165, 1.54) is 5.56 Å². The first-order valence-corrected chi connectivity index (χ1v) is 10.5. The summed E-state index contributed by atoms with van der Waals surface area (Å²) in [6.07, 6.45) is 0. The molecule has 31 heavy (non-hydrogen) atoms. The fourth-order valence-electron chi connectivity index (χ4n) is 3.92. The van der Waals surface area contributed by atoms with Crippen molar-refractivity contribution in [3.63, 3.8) is 0 Å². The topological polar surface area (TPSA) is 55.4 Å². The van der Waals surface area contributed by atoms with E-state index in [0.29, 0.717) is 34.9 Å². The van der Waals surface area contributed by atoms with E-state index in [0.717, 1.165) is 22.1 Å². The van der Waals surface area contributed by atoms with Gasteiger partial charge in [0.1, 0.15) is 11.0 Å². The number of fused-ring (bicyclic) bond motifs is 3. The lowest BCUT2D eigenvalue weighted by atomic mass is 9.98. The van der Waals surface area contributed by atoms with Crippen LogP contribution in [0.3, 0.4) is 0 Å². The lowest BCUT2D eigenvalue weighted by Gasteiger charge is -2.09. The number of hydrogen-bond acceptors (Lipinski definition) is 4. The zero-order valence-corrected chi connectivity index (χ0v) is 17.5. The van der Waals surface area contributed by atoms with Crippen LogP contribution in [0, 0.1) is 0 Å². The van der Waals surface area contributed by atoms with Gasteiger partial charge in [-0.25, -0.2) is 4.79 Å². The van der Waals surface area contributed by atoms with Crippen molar-refractivity contribution in [3.8, 4) is 11.1 Å². The van der Waals surface area contributed by atoms with E-state index in [4.69, 9.17) is 8.83 Å².